The molecule has 5 nitrogen and oxygen atoms in total. The molecule has 0 aliphatic heterocycles. The monoisotopic (exact) mass is 382 g/mol. The Hall–Kier alpha value is -1.37. The summed E-state index contributed by atoms with van der Waals surface area (Å²) in [5.41, 5.74) is 0. The summed E-state index contributed by atoms with van der Waals surface area (Å²) >= 11 is 5.49. The van der Waals surface area contributed by atoms with Crippen LogP contribution in [0.4, 0.5) is 0 Å². The summed E-state index contributed by atoms with van der Waals surface area (Å²) in [4.78, 5) is 0. The Bertz CT molecular complexity index is 608. The predicted octanol–water partition coefficient (Wildman–Crippen LogP) is 3.52. The minimum Gasteiger partial charge on any atom is -0.491 e. The quantitative estimate of drug-likeness (QED) is 0.348. The Kier molecular flexibility index (Phi) is 11.1. The van der Waals surface area contributed by atoms with Crippen LogP contribution in [0.2, 0.25) is 0 Å². The largest absolute Gasteiger partial charge is 0.491 e. The molecule has 2 aromatic carbocycles. The van der Waals surface area contributed by atoms with Crippen LogP contribution < -0.4 is 4.74 Å². The minimum atomic E-state index is 0.510. The van der Waals surface area contributed by atoms with Crippen molar-refractivity contribution < 1.29 is 23.7 Å². The van der Waals surface area contributed by atoms with E-state index in [0.29, 0.717) is 65.3 Å². The van der Waals surface area contributed by atoms with Gasteiger partial charge in [-0.15, -0.1) is 11.6 Å². The zero-order chi connectivity index (χ0) is 18.3. The zero-order valence-corrected chi connectivity index (χ0v) is 15.8. The Labute approximate surface area is 160 Å². The van der Waals surface area contributed by atoms with Crippen molar-refractivity contribution in [3.63, 3.8) is 0 Å². The first-order chi connectivity index (χ1) is 12.9. The van der Waals surface area contributed by atoms with Crippen LogP contribution in [-0.4, -0.2) is 65.3 Å². The summed E-state index contributed by atoms with van der Waals surface area (Å²) in [6, 6.07) is 14.3. The molecule has 0 bridgehead atoms. The van der Waals surface area contributed by atoms with E-state index in [1.807, 2.05) is 24.3 Å². The molecule has 0 N–H and O–H groups in total. The van der Waals surface area contributed by atoms with Gasteiger partial charge in [-0.2, -0.15) is 0 Å². The van der Waals surface area contributed by atoms with Crippen molar-refractivity contribution in [2.75, 3.05) is 65.3 Å². The van der Waals surface area contributed by atoms with Gasteiger partial charge in [0.25, 0.3) is 0 Å². The highest BCUT2D eigenvalue weighted by Crippen LogP contribution is 2.20. The van der Waals surface area contributed by atoms with Crippen molar-refractivity contribution >= 4 is 22.4 Å². The lowest BCUT2D eigenvalue weighted by Gasteiger charge is -2.09. The number of ether oxygens (including phenoxy) is 5. The van der Waals surface area contributed by atoms with Crippen LogP contribution in [0.3, 0.4) is 0 Å². The molecule has 0 fully saturated rings. The molecule has 0 aromatic heterocycles. The molecular weight excluding hydrogens is 356 g/mol. The number of alkyl halides is 1. The third kappa shape index (κ3) is 8.83. The summed E-state index contributed by atoms with van der Waals surface area (Å²) in [6.07, 6.45) is 0. The molecule has 0 radical (unpaired) electrons. The van der Waals surface area contributed by atoms with Gasteiger partial charge in [-0.25, -0.2) is 0 Å². The Morgan fingerprint density at radius 2 is 1.12 bits per heavy atom. The van der Waals surface area contributed by atoms with E-state index in [2.05, 4.69) is 18.2 Å². The molecule has 2 aromatic rings. The second kappa shape index (κ2) is 13.8. The number of halogens is 1. The van der Waals surface area contributed by atoms with E-state index in [9.17, 15) is 0 Å². The number of fused-ring (bicyclic) bond motifs is 1. The lowest BCUT2D eigenvalue weighted by molar-refractivity contribution is -0.00325. The van der Waals surface area contributed by atoms with Crippen LogP contribution >= 0.6 is 11.6 Å². The molecule has 0 amide bonds. The molecular formula is C20H27ClO5. The van der Waals surface area contributed by atoms with Crippen LogP contribution in [0.5, 0.6) is 5.75 Å². The van der Waals surface area contributed by atoms with Gasteiger partial charge in [0.05, 0.1) is 52.9 Å². The lowest BCUT2D eigenvalue weighted by atomic mass is 10.1. The maximum absolute atomic E-state index is 5.71. The van der Waals surface area contributed by atoms with Gasteiger partial charge in [0.1, 0.15) is 12.4 Å². The molecule has 0 saturated heterocycles. The van der Waals surface area contributed by atoms with Crippen LogP contribution in [0.15, 0.2) is 42.5 Å². The van der Waals surface area contributed by atoms with Gasteiger partial charge in [0, 0.05) is 5.88 Å². The van der Waals surface area contributed by atoms with Gasteiger partial charge in [0.2, 0.25) is 0 Å². The van der Waals surface area contributed by atoms with E-state index in [1.54, 1.807) is 0 Å². The van der Waals surface area contributed by atoms with Gasteiger partial charge in [-0.3, -0.25) is 0 Å². The highest BCUT2D eigenvalue weighted by Gasteiger charge is 1.97. The third-order valence-electron chi connectivity index (χ3n) is 3.55. The second-order valence-corrected chi connectivity index (χ2v) is 5.87. The zero-order valence-electron chi connectivity index (χ0n) is 15.0. The standard InChI is InChI=1S/C20H27ClO5/c21-7-8-22-9-10-23-11-12-24-13-14-25-15-16-26-20-6-5-18-3-1-2-4-19(18)17-20/h1-6,17H,7-16H2. The fraction of sp³-hybridized carbons (Fsp3) is 0.500. The fourth-order valence-corrected chi connectivity index (χ4v) is 2.40. The van der Waals surface area contributed by atoms with Crippen LogP contribution in [0.1, 0.15) is 0 Å². The second-order valence-electron chi connectivity index (χ2n) is 5.50. The molecule has 0 heterocycles. The topological polar surface area (TPSA) is 46.2 Å². The number of hydrogen-bond acceptors (Lipinski definition) is 5. The molecule has 0 atom stereocenters. The molecule has 0 aliphatic rings. The van der Waals surface area contributed by atoms with Crippen molar-refractivity contribution in [1.29, 1.82) is 0 Å². The minimum absolute atomic E-state index is 0.510. The van der Waals surface area contributed by atoms with Crippen LogP contribution in [0, 0.1) is 0 Å². The Balaban J connectivity index is 1.40. The fourth-order valence-electron chi connectivity index (χ4n) is 2.29. The van der Waals surface area contributed by atoms with Gasteiger partial charge >= 0.3 is 0 Å². The van der Waals surface area contributed by atoms with Gasteiger partial charge in [0.15, 0.2) is 0 Å². The average molecular weight is 383 g/mol. The summed E-state index contributed by atoms with van der Waals surface area (Å²) in [6.45, 7) is 4.91. The molecule has 6 heteroatoms. The van der Waals surface area contributed by atoms with Gasteiger partial charge in [-0.1, -0.05) is 30.3 Å². The third-order valence-corrected chi connectivity index (χ3v) is 3.71. The van der Waals surface area contributed by atoms with E-state index in [4.69, 9.17) is 35.3 Å². The predicted molar refractivity (Wildman–Crippen MR) is 103 cm³/mol. The number of rotatable bonds is 15. The maximum atomic E-state index is 5.71. The first-order valence-electron chi connectivity index (χ1n) is 8.88. The smallest absolute Gasteiger partial charge is 0.120 e. The number of hydrogen-bond donors (Lipinski definition) is 0. The first kappa shape index (κ1) is 20.9. The lowest BCUT2D eigenvalue weighted by Crippen LogP contribution is -2.14. The van der Waals surface area contributed by atoms with Crippen LogP contribution in [-0.2, 0) is 18.9 Å². The normalized spacial score (nSPS) is 11.1. The van der Waals surface area contributed by atoms with E-state index >= 15 is 0 Å². The molecule has 144 valence electrons. The van der Waals surface area contributed by atoms with Crippen molar-refractivity contribution in [3.05, 3.63) is 42.5 Å². The van der Waals surface area contributed by atoms with Crippen molar-refractivity contribution in [3.8, 4) is 5.75 Å². The van der Waals surface area contributed by atoms with Crippen molar-refractivity contribution in [1.82, 2.24) is 0 Å². The molecule has 0 saturated carbocycles. The first-order valence-corrected chi connectivity index (χ1v) is 9.42. The highest BCUT2D eigenvalue weighted by molar-refractivity contribution is 6.17. The highest BCUT2D eigenvalue weighted by atomic mass is 35.5. The Morgan fingerprint density at radius 3 is 1.73 bits per heavy atom. The summed E-state index contributed by atoms with van der Waals surface area (Å²) < 4.78 is 27.2. The molecule has 0 aliphatic carbocycles. The number of benzene rings is 2. The molecule has 0 unspecified atom stereocenters. The van der Waals surface area contributed by atoms with Crippen molar-refractivity contribution in [2.45, 2.75) is 0 Å². The van der Waals surface area contributed by atoms with Gasteiger partial charge in [-0.05, 0) is 22.9 Å². The van der Waals surface area contributed by atoms with Gasteiger partial charge < -0.3 is 23.7 Å². The Morgan fingerprint density at radius 1 is 0.577 bits per heavy atom. The maximum Gasteiger partial charge on any atom is 0.120 e. The van der Waals surface area contributed by atoms with E-state index in [-0.39, 0.29) is 0 Å². The average Bonchev–Trinajstić information content (AvgIpc) is 2.68. The van der Waals surface area contributed by atoms with E-state index in [0.717, 1.165) is 5.75 Å². The summed E-state index contributed by atoms with van der Waals surface area (Å²) in [5.74, 6) is 1.37. The van der Waals surface area contributed by atoms with Crippen LogP contribution in [0.25, 0.3) is 10.8 Å². The summed E-state index contributed by atoms with van der Waals surface area (Å²) in [7, 11) is 0. The molecule has 26 heavy (non-hydrogen) atoms. The molecule has 2 rings (SSSR count). The SMILES string of the molecule is ClCCOCCOCCOCCOCCOc1ccc2ccccc2c1. The molecule has 0 spiro atoms. The van der Waals surface area contributed by atoms with Crippen molar-refractivity contribution in [2.24, 2.45) is 0 Å². The van der Waals surface area contributed by atoms with E-state index < -0.39 is 0 Å². The summed E-state index contributed by atoms with van der Waals surface area (Å²) in [5, 5.41) is 2.38. The van der Waals surface area contributed by atoms with E-state index in [1.165, 1.54) is 10.8 Å².